The molecule has 2 amide bonds. The van der Waals surface area contributed by atoms with Gasteiger partial charge in [-0.25, -0.2) is 4.79 Å². The third kappa shape index (κ3) is 5.19. The summed E-state index contributed by atoms with van der Waals surface area (Å²) in [5, 5.41) is 2.52. The van der Waals surface area contributed by atoms with Crippen molar-refractivity contribution in [1.82, 2.24) is 10.2 Å². The zero-order chi connectivity index (χ0) is 23.4. The number of hydrogen-bond donors (Lipinski definition) is 1. The SMILES string of the molecule is COc1ccc(COC(=O)C2=C(CI)CS[C@@H]3[C@H](NC(=O)Cc4ccccc4)C(=O)N23)cc1. The lowest BCUT2D eigenvalue weighted by Crippen LogP contribution is -2.70. The molecule has 1 N–H and O–H groups in total. The summed E-state index contributed by atoms with van der Waals surface area (Å²) in [6.07, 6.45) is 0.202. The molecule has 0 aromatic heterocycles. The number of rotatable bonds is 8. The van der Waals surface area contributed by atoms with E-state index in [2.05, 4.69) is 27.9 Å². The number of thioether (sulfide) groups is 1. The Balaban J connectivity index is 1.41. The molecule has 0 saturated carbocycles. The number of amides is 2. The number of carbonyl (C=O) groups is 3. The van der Waals surface area contributed by atoms with Gasteiger partial charge in [-0.05, 0) is 28.8 Å². The van der Waals surface area contributed by atoms with Gasteiger partial charge in [-0.1, -0.05) is 65.1 Å². The molecular weight excluding hydrogens is 555 g/mol. The van der Waals surface area contributed by atoms with E-state index < -0.39 is 12.0 Å². The molecule has 1 fully saturated rings. The van der Waals surface area contributed by atoms with Crippen molar-refractivity contribution in [3.05, 3.63) is 77.0 Å². The van der Waals surface area contributed by atoms with Gasteiger partial charge in [0.05, 0.1) is 13.5 Å². The van der Waals surface area contributed by atoms with Gasteiger partial charge >= 0.3 is 5.97 Å². The largest absolute Gasteiger partial charge is 0.497 e. The lowest BCUT2D eigenvalue weighted by atomic mass is 10.0. The minimum atomic E-state index is -0.647. The van der Waals surface area contributed by atoms with Crippen molar-refractivity contribution in [3.8, 4) is 5.75 Å². The molecule has 0 spiro atoms. The van der Waals surface area contributed by atoms with Gasteiger partial charge in [0.25, 0.3) is 5.91 Å². The van der Waals surface area contributed by atoms with Crippen molar-refractivity contribution >= 4 is 52.1 Å². The Kier molecular flexibility index (Phi) is 7.59. The minimum Gasteiger partial charge on any atom is -0.497 e. The van der Waals surface area contributed by atoms with E-state index in [0.29, 0.717) is 15.9 Å². The number of alkyl halides is 1. The average Bonchev–Trinajstić information content (AvgIpc) is 2.85. The second kappa shape index (κ2) is 10.6. The second-order valence-electron chi connectivity index (χ2n) is 7.63. The standard InChI is InChI=1S/C24H23IN2O5S/c1-31-18-9-7-16(8-10-18)13-32-24(30)21-17(12-25)14-33-23-20(22(29)27(21)23)26-19(28)11-15-5-3-2-4-6-15/h2-10,20,23H,11-14H2,1H3,(H,26,28)/t20-,23-/m1/s1. The smallest absolute Gasteiger partial charge is 0.355 e. The maximum atomic E-state index is 13.0. The van der Waals surface area contributed by atoms with Crippen molar-refractivity contribution < 1.29 is 23.9 Å². The molecule has 4 rings (SSSR count). The van der Waals surface area contributed by atoms with Crippen LogP contribution in [0.15, 0.2) is 65.9 Å². The highest BCUT2D eigenvalue weighted by Gasteiger charge is 2.54. The van der Waals surface area contributed by atoms with E-state index in [1.807, 2.05) is 42.5 Å². The van der Waals surface area contributed by atoms with Crippen molar-refractivity contribution in [3.63, 3.8) is 0 Å². The van der Waals surface area contributed by atoms with Gasteiger partial charge < -0.3 is 14.8 Å². The zero-order valence-electron chi connectivity index (χ0n) is 18.0. The lowest BCUT2D eigenvalue weighted by molar-refractivity contribution is -0.153. The number of β-lactam (4-membered cyclic amide) rings is 1. The van der Waals surface area contributed by atoms with Crippen LogP contribution in [0.4, 0.5) is 0 Å². The van der Waals surface area contributed by atoms with E-state index in [9.17, 15) is 14.4 Å². The molecule has 9 heteroatoms. The molecule has 7 nitrogen and oxygen atoms in total. The summed E-state index contributed by atoms with van der Waals surface area (Å²) in [5.74, 6) is 0.304. The maximum absolute atomic E-state index is 13.0. The molecule has 2 aliphatic rings. The first-order valence-corrected chi connectivity index (χ1v) is 12.9. The van der Waals surface area contributed by atoms with Crippen molar-refractivity contribution in [2.45, 2.75) is 24.4 Å². The quantitative estimate of drug-likeness (QED) is 0.225. The summed E-state index contributed by atoms with van der Waals surface area (Å²) >= 11 is 3.74. The molecule has 0 unspecified atom stereocenters. The Morgan fingerprint density at radius 2 is 1.85 bits per heavy atom. The average molecular weight is 578 g/mol. The molecule has 2 heterocycles. The van der Waals surface area contributed by atoms with Gasteiger partial charge in [-0.2, -0.15) is 0 Å². The molecule has 0 radical (unpaired) electrons. The van der Waals surface area contributed by atoms with Crippen LogP contribution in [0.25, 0.3) is 0 Å². The topological polar surface area (TPSA) is 84.9 Å². The number of carbonyl (C=O) groups excluding carboxylic acids is 3. The van der Waals surface area contributed by atoms with Crippen LogP contribution in [0.5, 0.6) is 5.75 Å². The number of esters is 1. The summed E-state index contributed by atoms with van der Waals surface area (Å²) in [4.78, 5) is 39.9. The molecule has 2 atom stereocenters. The Labute approximate surface area is 210 Å². The molecule has 0 aliphatic carbocycles. The summed E-state index contributed by atoms with van der Waals surface area (Å²) in [7, 11) is 1.59. The summed E-state index contributed by atoms with van der Waals surface area (Å²) in [5.41, 5.74) is 2.87. The highest BCUT2D eigenvalue weighted by Crippen LogP contribution is 2.41. The minimum absolute atomic E-state index is 0.0952. The third-order valence-electron chi connectivity index (χ3n) is 5.45. The van der Waals surface area contributed by atoms with Gasteiger partial charge in [0.2, 0.25) is 5.91 Å². The van der Waals surface area contributed by atoms with Gasteiger partial charge in [0.1, 0.15) is 29.5 Å². The van der Waals surface area contributed by atoms with Crippen molar-refractivity contribution in [1.29, 1.82) is 0 Å². The summed E-state index contributed by atoms with van der Waals surface area (Å²) < 4.78 is 11.3. The Bertz CT molecular complexity index is 1070. The maximum Gasteiger partial charge on any atom is 0.355 e. The highest BCUT2D eigenvalue weighted by atomic mass is 127. The molecule has 1 saturated heterocycles. The predicted octanol–water partition coefficient (Wildman–Crippen LogP) is 3.07. The van der Waals surface area contributed by atoms with Gasteiger partial charge in [0.15, 0.2) is 0 Å². The molecule has 2 aromatic carbocycles. The molecule has 0 bridgehead atoms. The fraction of sp³-hybridized carbons (Fsp3) is 0.292. The normalized spacial score (nSPS) is 19.5. The van der Waals surface area contributed by atoms with Gasteiger partial charge in [-0.15, -0.1) is 11.8 Å². The number of nitrogens with one attached hydrogen (secondary N) is 1. The van der Waals surface area contributed by atoms with Crippen LogP contribution in [0.2, 0.25) is 0 Å². The van der Waals surface area contributed by atoms with E-state index in [1.165, 1.54) is 4.90 Å². The van der Waals surface area contributed by atoms with Crippen LogP contribution in [0, 0.1) is 0 Å². The molecule has 2 aromatic rings. The second-order valence-corrected chi connectivity index (χ2v) is 9.50. The van der Waals surface area contributed by atoms with E-state index in [-0.39, 0.29) is 30.2 Å². The van der Waals surface area contributed by atoms with Gasteiger partial charge in [-0.3, -0.25) is 14.5 Å². The Morgan fingerprint density at radius 3 is 2.52 bits per heavy atom. The monoisotopic (exact) mass is 578 g/mol. The predicted molar refractivity (Wildman–Crippen MR) is 134 cm³/mol. The highest BCUT2D eigenvalue weighted by molar-refractivity contribution is 14.1. The zero-order valence-corrected chi connectivity index (χ0v) is 20.9. The third-order valence-corrected chi connectivity index (χ3v) is 7.72. The van der Waals surface area contributed by atoms with E-state index in [4.69, 9.17) is 9.47 Å². The van der Waals surface area contributed by atoms with Gasteiger partial charge in [0, 0.05) is 10.2 Å². The lowest BCUT2D eigenvalue weighted by Gasteiger charge is -2.49. The number of ether oxygens (including phenoxy) is 2. The van der Waals surface area contributed by atoms with Crippen LogP contribution in [-0.4, -0.2) is 51.4 Å². The Hall–Kier alpha value is -2.53. The molecular formula is C24H23IN2O5S. The Morgan fingerprint density at radius 1 is 1.12 bits per heavy atom. The van der Waals surface area contributed by atoms with Crippen LogP contribution in [0.3, 0.4) is 0 Å². The first-order valence-electron chi connectivity index (χ1n) is 10.4. The first kappa shape index (κ1) is 23.6. The van der Waals surface area contributed by atoms with Crippen LogP contribution >= 0.6 is 34.4 Å². The van der Waals surface area contributed by atoms with E-state index >= 15 is 0 Å². The molecule has 172 valence electrons. The van der Waals surface area contributed by atoms with Crippen LogP contribution < -0.4 is 10.1 Å². The number of methoxy groups -OCH3 is 1. The first-order chi connectivity index (χ1) is 16.0. The number of halogens is 1. The molecule has 33 heavy (non-hydrogen) atoms. The number of benzene rings is 2. The number of nitrogens with zero attached hydrogens (tertiary/aromatic N) is 1. The fourth-order valence-corrected chi connectivity index (χ4v) is 6.06. The number of fused-ring (bicyclic) bond motifs is 1. The van der Waals surface area contributed by atoms with E-state index in [0.717, 1.165) is 22.4 Å². The van der Waals surface area contributed by atoms with Crippen LogP contribution in [0.1, 0.15) is 11.1 Å². The fourth-order valence-electron chi connectivity index (χ4n) is 3.72. The number of hydrogen-bond acceptors (Lipinski definition) is 6. The van der Waals surface area contributed by atoms with Crippen molar-refractivity contribution in [2.24, 2.45) is 0 Å². The van der Waals surface area contributed by atoms with Crippen LogP contribution in [-0.2, 0) is 32.1 Å². The van der Waals surface area contributed by atoms with Crippen molar-refractivity contribution in [2.75, 3.05) is 17.3 Å². The van der Waals surface area contributed by atoms with E-state index in [1.54, 1.807) is 31.0 Å². The molecule has 2 aliphatic heterocycles. The summed E-state index contributed by atoms with van der Waals surface area (Å²) in [6.45, 7) is 0.0952. The summed E-state index contributed by atoms with van der Waals surface area (Å²) in [6, 6.07) is 16.0.